The van der Waals surface area contributed by atoms with Gasteiger partial charge in [-0.05, 0) is 0 Å². The number of nitrogens with two attached hydrogens (primary N) is 1. The standard InChI is InChI=1S/CH3F2NO2S/c2-1(3)7(5)6-4/h1H,4H2. The molecule has 0 aromatic carbocycles. The highest BCUT2D eigenvalue weighted by molar-refractivity contribution is 7.80. The lowest BCUT2D eigenvalue weighted by Crippen LogP contribution is -2.10. The van der Waals surface area contributed by atoms with Gasteiger partial charge in [0, 0.05) is 0 Å². The molecule has 6 heteroatoms. The maximum Gasteiger partial charge on any atom is 0.337 e. The highest BCUT2D eigenvalue weighted by Gasteiger charge is 2.11. The number of hydrogen-bond donors (Lipinski definition) is 1. The van der Waals surface area contributed by atoms with Crippen molar-refractivity contribution in [2.45, 2.75) is 5.76 Å². The minimum Gasteiger partial charge on any atom is -0.222 e. The molecule has 0 saturated heterocycles. The maximum atomic E-state index is 10.9. The van der Waals surface area contributed by atoms with Gasteiger partial charge in [0.1, 0.15) is 0 Å². The fourth-order valence-electron chi connectivity index (χ4n) is 0.0420. The zero-order valence-corrected chi connectivity index (χ0v) is 3.95. The summed E-state index contributed by atoms with van der Waals surface area (Å²) in [5, 5.41) is 0. The molecular formula is CH3F2NO2S. The molecule has 44 valence electrons. The van der Waals surface area contributed by atoms with Crippen molar-refractivity contribution in [3.05, 3.63) is 0 Å². The summed E-state index contributed by atoms with van der Waals surface area (Å²) in [5.74, 6) is 1.08. The minimum absolute atomic E-state index is 2.63. The third kappa shape index (κ3) is 2.60. The Bertz CT molecular complexity index is 76.1. The average molecular weight is 131 g/mol. The van der Waals surface area contributed by atoms with Crippen LogP contribution in [0.3, 0.4) is 0 Å². The van der Waals surface area contributed by atoms with E-state index >= 15 is 0 Å². The number of alkyl halides is 2. The van der Waals surface area contributed by atoms with Crippen LogP contribution in [-0.2, 0) is 15.4 Å². The third-order valence-electron chi connectivity index (χ3n) is 0.240. The van der Waals surface area contributed by atoms with Crippen LogP contribution in [-0.4, -0.2) is 9.97 Å². The highest BCUT2D eigenvalue weighted by atomic mass is 32.2. The van der Waals surface area contributed by atoms with Crippen LogP contribution in [0.4, 0.5) is 8.78 Å². The Labute approximate surface area is 41.1 Å². The summed E-state index contributed by atoms with van der Waals surface area (Å²) in [6, 6.07) is 0. The molecule has 0 spiro atoms. The molecule has 3 nitrogen and oxygen atoms in total. The van der Waals surface area contributed by atoms with E-state index in [-0.39, 0.29) is 0 Å². The van der Waals surface area contributed by atoms with E-state index in [1.807, 2.05) is 0 Å². The lowest BCUT2D eigenvalue weighted by Gasteiger charge is -1.90. The number of rotatable bonds is 2. The second-order valence-corrected chi connectivity index (χ2v) is 1.69. The lowest BCUT2D eigenvalue weighted by molar-refractivity contribution is 0.216. The van der Waals surface area contributed by atoms with Crippen molar-refractivity contribution in [2.75, 3.05) is 0 Å². The predicted molar refractivity (Wildman–Crippen MR) is 19.4 cm³/mol. The van der Waals surface area contributed by atoms with Gasteiger partial charge in [-0.15, -0.1) is 0 Å². The first-order chi connectivity index (χ1) is 3.18. The monoisotopic (exact) mass is 131 g/mol. The van der Waals surface area contributed by atoms with Crippen LogP contribution in [0.2, 0.25) is 0 Å². The van der Waals surface area contributed by atoms with Gasteiger partial charge in [-0.3, -0.25) is 0 Å². The van der Waals surface area contributed by atoms with E-state index in [0.29, 0.717) is 0 Å². The van der Waals surface area contributed by atoms with Crippen LogP contribution in [0, 0.1) is 0 Å². The molecule has 0 aromatic rings. The lowest BCUT2D eigenvalue weighted by atomic mass is 11.7. The molecule has 0 aliphatic carbocycles. The topological polar surface area (TPSA) is 52.3 Å². The van der Waals surface area contributed by atoms with Gasteiger partial charge in [-0.25, -0.2) is 4.21 Å². The Morgan fingerprint density at radius 1 is 1.71 bits per heavy atom. The molecular weight excluding hydrogens is 128 g/mol. The van der Waals surface area contributed by atoms with Crippen LogP contribution in [0.5, 0.6) is 0 Å². The van der Waals surface area contributed by atoms with E-state index in [2.05, 4.69) is 10.2 Å². The molecule has 7 heavy (non-hydrogen) atoms. The van der Waals surface area contributed by atoms with Crippen molar-refractivity contribution in [1.29, 1.82) is 0 Å². The van der Waals surface area contributed by atoms with Gasteiger partial charge in [0.25, 0.3) is 0 Å². The summed E-state index contributed by atoms with van der Waals surface area (Å²) in [6.45, 7) is 0. The Hall–Kier alpha value is -0.0700. The minimum atomic E-state index is -3.01. The zero-order chi connectivity index (χ0) is 5.86. The van der Waals surface area contributed by atoms with Crippen molar-refractivity contribution in [3.63, 3.8) is 0 Å². The molecule has 0 rings (SSSR count). The first kappa shape index (κ1) is 6.93. The fourth-order valence-corrected chi connectivity index (χ4v) is 0.126. The van der Waals surface area contributed by atoms with Crippen molar-refractivity contribution in [3.8, 4) is 0 Å². The highest BCUT2D eigenvalue weighted by Crippen LogP contribution is 1.96. The molecule has 0 aliphatic rings. The summed E-state index contributed by atoms with van der Waals surface area (Å²) in [5.41, 5.74) is 0. The molecule has 0 fully saturated rings. The van der Waals surface area contributed by atoms with E-state index in [0.717, 1.165) is 0 Å². The predicted octanol–water partition coefficient (Wildman–Crippen LogP) is -0.237. The summed E-state index contributed by atoms with van der Waals surface area (Å²) in [7, 11) is 0. The van der Waals surface area contributed by atoms with Gasteiger partial charge in [-0.2, -0.15) is 19.0 Å². The fraction of sp³-hybridized carbons (Fsp3) is 1.00. The first-order valence-electron chi connectivity index (χ1n) is 1.24. The summed E-state index contributed by atoms with van der Waals surface area (Å²) in [4.78, 5) is 0. The van der Waals surface area contributed by atoms with Gasteiger partial charge in [0.05, 0.1) is 0 Å². The molecule has 0 aromatic heterocycles. The Morgan fingerprint density at radius 3 is 2.14 bits per heavy atom. The molecule has 0 aliphatic heterocycles. The Balaban J connectivity index is 3.35. The normalized spacial score (nSPS) is 14.9. The molecule has 1 unspecified atom stereocenters. The van der Waals surface area contributed by atoms with E-state index in [1.165, 1.54) is 0 Å². The van der Waals surface area contributed by atoms with Crippen LogP contribution in [0.1, 0.15) is 0 Å². The first-order valence-corrected chi connectivity index (χ1v) is 2.38. The van der Waals surface area contributed by atoms with Gasteiger partial charge in [0.15, 0.2) is 0 Å². The van der Waals surface area contributed by atoms with Crippen LogP contribution >= 0.6 is 0 Å². The quantitative estimate of drug-likeness (QED) is 0.526. The molecule has 0 amide bonds. The molecule has 0 saturated carbocycles. The smallest absolute Gasteiger partial charge is 0.222 e. The summed E-state index contributed by atoms with van der Waals surface area (Å²) < 4.78 is 34.6. The van der Waals surface area contributed by atoms with Crippen molar-refractivity contribution in [1.82, 2.24) is 0 Å². The second kappa shape index (κ2) is 3.00. The molecule has 0 bridgehead atoms. The Kier molecular flexibility index (Phi) is 2.97. The Morgan fingerprint density at radius 2 is 2.14 bits per heavy atom. The van der Waals surface area contributed by atoms with E-state index in [4.69, 9.17) is 0 Å². The van der Waals surface area contributed by atoms with Gasteiger partial charge in [-0.1, -0.05) is 0 Å². The average Bonchev–Trinajstić information content (AvgIpc) is 1.65. The number of halogens is 2. The van der Waals surface area contributed by atoms with E-state index < -0.39 is 16.8 Å². The van der Waals surface area contributed by atoms with Crippen molar-refractivity contribution < 1.29 is 17.3 Å². The molecule has 0 radical (unpaired) electrons. The van der Waals surface area contributed by atoms with Crippen molar-refractivity contribution >= 4 is 11.1 Å². The summed E-state index contributed by atoms with van der Waals surface area (Å²) in [6.07, 6.45) is 0. The van der Waals surface area contributed by atoms with Crippen LogP contribution in [0.15, 0.2) is 0 Å². The zero-order valence-electron chi connectivity index (χ0n) is 3.14. The number of hydrogen-bond acceptors (Lipinski definition) is 3. The SMILES string of the molecule is NOS(=O)C(F)F. The van der Waals surface area contributed by atoms with E-state index in [9.17, 15) is 13.0 Å². The second-order valence-electron chi connectivity index (χ2n) is 0.617. The third-order valence-corrected chi connectivity index (χ3v) is 0.721. The molecule has 2 N–H and O–H groups in total. The van der Waals surface area contributed by atoms with Crippen LogP contribution < -0.4 is 5.90 Å². The largest absolute Gasteiger partial charge is 0.337 e. The van der Waals surface area contributed by atoms with Crippen molar-refractivity contribution in [2.24, 2.45) is 5.90 Å². The van der Waals surface area contributed by atoms with E-state index in [1.54, 1.807) is 0 Å². The summed E-state index contributed by atoms with van der Waals surface area (Å²) >= 11 is -2.63. The van der Waals surface area contributed by atoms with Gasteiger partial charge >= 0.3 is 5.76 Å². The molecule has 1 atom stereocenters. The maximum absolute atomic E-state index is 10.9. The van der Waals surface area contributed by atoms with Gasteiger partial charge in [0.2, 0.25) is 11.1 Å². The van der Waals surface area contributed by atoms with Crippen LogP contribution in [0.25, 0.3) is 0 Å². The molecule has 0 heterocycles. The van der Waals surface area contributed by atoms with Gasteiger partial charge < -0.3 is 0 Å².